The highest BCUT2D eigenvalue weighted by Crippen LogP contribution is 2.29. The summed E-state index contributed by atoms with van der Waals surface area (Å²) < 4.78 is 5.88. The Balaban J connectivity index is 2.38. The van der Waals surface area contributed by atoms with E-state index >= 15 is 0 Å². The van der Waals surface area contributed by atoms with Gasteiger partial charge in [0.05, 0.1) is 0 Å². The van der Waals surface area contributed by atoms with Crippen LogP contribution in [-0.2, 0) is 4.74 Å². The fourth-order valence-corrected chi connectivity index (χ4v) is 2.06. The standard InChI is InChI=1S/C12H14N2O6/c1-2-3-6(15)10-8(17)9(18)11(20-10)14-7(16)4-5-13-12(14)19/h4-6,8-11,15,17-18H,1H3,(H,13,19)/t6?,8-,9-,10+,11?/m0/s1. The number of rotatable bonds is 2. The predicted octanol–water partition coefficient (Wildman–Crippen LogP) is -2.46. The molecule has 1 aliphatic rings. The van der Waals surface area contributed by atoms with E-state index < -0.39 is 41.9 Å². The molecule has 20 heavy (non-hydrogen) atoms. The maximum absolute atomic E-state index is 11.7. The second kappa shape index (κ2) is 5.60. The van der Waals surface area contributed by atoms with Gasteiger partial charge in [-0.05, 0) is 6.92 Å². The zero-order valence-electron chi connectivity index (χ0n) is 10.6. The second-order valence-electron chi connectivity index (χ2n) is 4.30. The number of nitrogens with one attached hydrogen (secondary N) is 1. The Morgan fingerprint density at radius 1 is 1.40 bits per heavy atom. The van der Waals surface area contributed by atoms with Crippen molar-refractivity contribution >= 4 is 0 Å². The van der Waals surface area contributed by atoms with Crippen LogP contribution in [0.4, 0.5) is 0 Å². The van der Waals surface area contributed by atoms with Crippen LogP contribution >= 0.6 is 0 Å². The van der Waals surface area contributed by atoms with Gasteiger partial charge in [0.2, 0.25) is 0 Å². The Hall–Kier alpha value is -1.92. The van der Waals surface area contributed by atoms with Gasteiger partial charge in [0.25, 0.3) is 5.56 Å². The lowest BCUT2D eigenvalue weighted by Gasteiger charge is -2.16. The highest BCUT2D eigenvalue weighted by Gasteiger charge is 2.47. The summed E-state index contributed by atoms with van der Waals surface area (Å²) in [7, 11) is 0. The number of hydrogen-bond donors (Lipinski definition) is 4. The Labute approximate surface area is 113 Å². The number of aromatic amines is 1. The lowest BCUT2D eigenvalue weighted by molar-refractivity contribution is -0.0716. The molecule has 1 aromatic rings. The van der Waals surface area contributed by atoms with Crippen molar-refractivity contribution in [1.82, 2.24) is 9.55 Å². The third-order valence-corrected chi connectivity index (χ3v) is 3.02. The molecule has 2 rings (SSSR count). The SMILES string of the molecule is CC#CC(O)[C@H]1OC(n2c(=O)cc[nH]c2=O)[C@@H](O)[C@@H]1O. The molecular formula is C12H14N2O6. The van der Waals surface area contributed by atoms with Crippen molar-refractivity contribution in [2.24, 2.45) is 0 Å². The lowest BCUT2D eigenvalue weighted by atomic mass is 10.1. The van der Waals surface area contributed by atoms with Gasteiger partial charge in [-0.1, -0.05) is 5.92 Å². The highest BCUT2D eigenvalue weighted by atomic mass is 16.6. The zero-order valence-corrected chi connectivity index (χ0v) is 10.6. The molecule has 8 heteroatoms. The van der Waals surface area contributed by atoms with Gasteiger partial charge >= 0.3 is 5.69 Å². The molecule has 0 aliphatic carbocycles. The third-order valence-electron chi connectivity index (χ3n) is 3.02. The van der Waals surface area contributed by atoms with E-state index in [4.69, 9.17) is 4.74 Å². The van der Waals surface area contributed by atoms with Crippen LogP contribution in [0.5, 0.6) is 0 Å². The Morgan fingerprint density at radius 3 is 2.70 bits per heavy atom. The molecule has 2 heterocycles. The molecule has 108 valence electrons. The monoisotopic (exact) mass is 282 g/mol. The third kappa shape index (κ3) is 2.39. The van der Waals surface area contributed by atoms with Gasteiger partial charge in [-0.15, -0.1) is 5.92 Å². The number of aromatic nitrogens is 2. The van der Waals surface area contributed by atoms with E-state index in [0.29, 0.717) is 4.57 Å². The summed E-state index contributed by atoms with van der Waals surface area (Å²) in [5.74, 6) is 4.82. The number of H-pyrrole nitrogens is 1. The van der Waals surface area contributed by atoms with Crippen LogP contribution in [0.25, 0.3) is 0 Å². The van der Waals surface area contributed by atoms with Gasteiger partial charge in [-0.3, -0.25) is 4.79 Å². The molecule has 0 bridgehead atoms. The zero-order chi connectivity index (χ0) is 14.9. The van der Waals surface area contributed by atoms with Crippen LogP contribution < -0.4 is 11.2 Å². The van der Waals surface area contributed by atoms with Crippen molar-refractivity contribution in [2.45, 2.75) is 37.6 Å². The van der Waals surface area contributed by atoms with Crippen molar-refractivity contribution in [1.29, 1.82) is 0 Å². The molecule has 0 radical (unpaired) electrons. The summed E-state index contributed by atoms with van der Waals surface area (Å²) in [5.41, 5.74) is -1.48. The Kier molecular flexibility index (Phi) is 4.06. The highest BCUT2D eigenvalue weighted by molar-refractivity contribution is 5.09. The van der Waals surface area contributed by atoms with Crippen LogP contribution in [0.1, 0.15) is 13.2 Å². The molecule has 0 spiro atoms. The van der Waals surface area contributed by atoms with Gasteiger partial charge in [-0.2, -0.15) is 0 Å². The average Bonchev–Trinajstić information content (AvgIpc) is 2.68. The molecule has 0 aromatic carbocycles. The van der Waals surface area contributed by atoms with Crippen LogP contribution in [0.3, 0.4) is 0 Å². The van der Waals surface area contributed by atoms with Crippen LogP contribution in [-0.4, -0.2) is 49.3 Å². The van der Waals surface area contributed by atoms with Crippen molar-refractivity contribution in [3.8, 4) is 11.8 Å². The topological polar surface area (TPSA) is 125 Å². The molecule has 4 N–H and O–H groups in total. The lowest BCUT2D eigenvalue weighted by Crippen LogP contribution is -2.42. The van der Waals surface area contributed by atoms with Crippen LogP contribution in [0.2, 0.25) is 0 Å². The van der Waals surface area contributed by atoms with Crippen molar-refractivity contribution < 1.29 is 20.1 Å². The first-order valence-corrected chi connectivity index (χ1v) is 5.89. The average molecular weight is 282 g/mol. The number of ether oxygens (including phenoxy) is 1. The number of aliphatic hydroxyl groups excluding tert-OH is 3. The number of aliphatic hydroxyl groups is 3. The molecule has 1 fully saturated rings. The van der Waals surface area contributed by atoms with E-state index in [9.17, 15) is 24.9 Å². The smallest absolute Gasteiger partial charge is 0.330 e. The molecular weight excluding hydrogens is 268 g/mol. The maximum atomic E-state index is 11.7. The van der Waals surface area contributed by atoms with Crippen molar-refractivity contribution in [3.05, 3.63) is 33.1 Å². The maximum Gasteiger partial charge on any atom is 0.330 e. The molecule has 5 atom stereocenters. The van der Waals surface area contributed by atoms with Gasteiger partial charge < -0.3 is 25.0 Å². The van der Waals surface area contributed by atoms with E-state index in [-0.39, 0.29) is 0 Å². The second-order valence-corrected chi connectivity index (χ2v) is 4.30. The summed E-state index contributed by atoms with van der Waals surface area (Å²) in [6, 6.07) is 1.08. The molecule has 0 saturated carbocycles. The molecule has 1 saturated heterocycles. The molecule has 1 aromatic heterocycles. The summed E-state index contributed by atoms with van der Waals surface area (Å²) in [4.78, 5) is 25.6. The van der Waals surface area contributed by atoms with E-state index in [1.807, 2.05) is 0 Å². The van der Waals surface area contributed by atoms with Crippen LogP contribution in [0, 0.1) is 11.8 Å². The van der Waals surface area contributed by atoms with E-state index in [1.165, 1.54) is 6.92 Å². The number of hydrogen-bond acceptors (Lipinski definition) is 6. The quantitative estimate of drug-likeness (QED) is 0.446. The minimum Gasteiger partial charge on any atom is -0.387 e. The summed E-state index contributed by atoms with van der Waals surface area (Å²) in [6.07, 6.45) is -5.78. The number of nitrogens with zero attached hydrogens (tertiary/aromatic N) is 1. The summed E-state index contributed by atoms with van der Waals surface area (Å²) in [5, 5.41) is 29.4. The fraction of sp³-hybridized carbons (Fsp3) is 0.500. The van der Waals surface area contributed by atoms with Gasteiger partial charge in [-0.25, -0.2) is 9.36 Å². The minimum atomic E-state index is -1.53. The van der Waals surface area contributed by atoms with E-state index in [2.05, 4.69) is 16.8 Å². The first kappa shape index (κ1) is 14.5. The van der Waals surface area contributed by atoms with E-state index in [1.54, 1.807) is 0 Å². The predicted molar refractivity (Wildman–Crippen MR) is 66.7 cm³/mol. The van der Waals surface area contributed by atoms with E-state index in [0.717, 1.165) is 12.3 Å². The molecule has 2 unspecified atom stereocenters. The normalized spacial score (nSPS) is 30.6. The molecule has 8 nitrogen and oxygen atoms in total. The molecule has 1 aliphatic heterocycles. The van der Waals surface area contributed by atoms with Gasteiger partial charge in [0.1, 0.15) is 24.4 Å². The van der Waals surface area contributed by atoms with Gasteiger partial charge in [0.15, 0.2) is 6.23 Å². The largest absolute Gasteiger partial charge is 0.387 e. The molecule has 0 amide bonds. The summed E-state index contributed by atoms with van der Waals surface area (Å²) >= 11 is 0. The van der Waals surface area contributed by atoms with Crippen molar-refractivity contribution in [2.75, 3.05) is 0 Å². The summed E-state index contributed by atoms with van der Waals surface area (Å²) in [6.45, 7) is 1.49. The van der Waals surface area contributed by atoms with Crippen molar-refractivity contribution in [3.63, 3.8) is 0 Å². The van der Waals surface area contributed by atoms with Gasteiger partial charge in [0, 0.05) is 12.3 Å². The first-order chi connectivity index (χ1) is 9.47. The fourth-order valence-electron chi connectivity index (χ4n) is 2.06. The Bertz CT molecular complexity index is 626. The first-order valence-electron chi connectivity index (χ1n) is 5.89. The Morgan fingerprint density at radius 2 is 2.10 bits per heavy atom. The minimum absolute atomic E-state index is 0.639. The van der Waals surface area contributed by atoms with Crippen LogP contribution in [0.15, 0.2) is 21.9 Å².